The first-order valence-electron chi connectivity index (χ1n) is 8.58. The molecule has 1 aliphatic rings. The number of ether oxygens (including phenoxy) is 1. The topological polar surface area (TPSA) is 93.5 Å². The van der Waals surface area contributed by atoms with Gasteiger partial charge in [0.15, 0.2) is 0 Å². The number of benzene rings is 1. The number of amides is 2. The highest BCUT2D eigenvalue weighted by Gasteiger charge is 2.15. The Morgan fingerprint density at radius 3 is 2.60 bits per heavy atom. The smallest absolute Gasteiger partial charge is 0.243 e. The van der Waals surface area contributed by atoms with Crippen LogP contribution in [0.5, 0.6) is 5.75 Å². The number of halogens is 1. The van der Waals surface area contributed by atoms with Gasteiger partial charge in [-0.15, -0.1) is 12.4 Å². The molecule has 0 aromatic heterocycles. The second-order valence-corrected chi connectivity index (χ2v) is 6.32. The van der Waals surface area contributed by atoms with Crippen LogP contribution in [0.15, 0.2) is 18.2 Å². The Morgan fingerprint density at radius 2 is 1.92 bits per heavy atom. The van der Waals surface area contributed by atoms with Crippen molar-refractivity contribution in [3.63, 3.8) is 0 Å². The summed E-state index contributed by atoms with van der Waals surface area (Å²) in [7, 11) is 0. The highest BCUT2D eigenvalue weighted by atomic mass is 35.5. The van der Waals surface area contributed by atoms with Crippen LogP contribution in [-0.4, -0.2) is 31.5 Å². The maximum absolute atomic E-state index is 11.8. The molecule has 25 heavy (non-hydrogen) atoms. The molecule has 6 nitrogen and oxygen atoms in total. The zero-order valence-electron chi connectivity index (χ0n) is 14.7. The summed E-state index contributed by atoms with van der Waals surface area (Å²) in [6, 6.07) is 5.58. The van der Waals surface area contributed by atoms with E-state index in [1.807, 2.05) is 25.1 Å². The summed E-state index contributed by atoms with van der Waals surface area (Å²) >= 11 is 0. The van der Waals surface area contributed by atoms with Gasteiger partial charge < -0.3 is 21.1 Å². The number of carbonyl (C=O) groups excluding carboxylic acids is 2. The average Bonchev–Trinajstić information content (AvgIpc) is 2.61. The van der Waals surface area contributed by atoms with Crippen molar-refractivity contribution in [3.05, 3.63) is 23.8 Å². The van der Waals surface area contributed by atoms with Crippen LogP contribution in [0.1, 0.15) is 37.7 Å². The first-order valence-corrected chi connectivity index (χ1v) is 8.58. The van der Waals surface area contributed by atoms with E-state index in [2.05, 4.69) is 10.6 Å². The van der Waals surface area contributed by atoms with Crippen molar-refractivity contribution in [2.45, 2.75) is 39.0 Å². The molecule has 140 valence electrons. The third kappa shape index (κ3) is 7.32. The Kier molecular flexibility index (Phi) is 9.31. The van der Waals surface area contributed by atoms with E-state index in [9.17, 15) is 9.59 Å². The maximum Gasteiger partial charge on any atom is 0.243 e. The van der Waals surface area contributed by atoms with Crippen LogP contribution in [0.2, 0.25) is 0 Å². The Hall–Kier alpha value is -1.79. The predicted molar refractivity (Wildman–Crippen MR) is 101 cm³/mol. The van der Waals surface area contributed by atoms with Gasteiger partial charge in [0.05, 0.1) is 19.7 Å². The minimum absolute atomic E-state index is 0. The predicted octanol–water partition coefficient (Wildman–Crippen LogP) is 2.39. The molecular formula is C18H28ClN3O3. The van der Waals surface area contributed by atoms with E-state index in [0.29, 0.717) is 11.6 Å². The molecular weight excluding hydrogens is 342 g/mol. The van der Waals surface area contributed by atoms with Crippen molar-refractivity contribution in [3.8, 4) is 5.75 Å². The number of carbonyl (C=O) groups is 2. The highest BCUT2D eigenvalue weighted by Crippen LogP contribution is 2.27. The fraction of sp³-hybridized carbons (Fsp3) is 0.556. The lowest BCUT2D eigenvalue weighted by molar-refractivity contribution is -0.123. The first-order chi connectivity index (χ1) is 11.6. The van der Waals surface area contributed by atoms with E-state index in [4.69, 9.17) is 10.5 Å². The summed E-state index contributed by atoms with van der Waals surface area (Å²) < 4.78 is 5.98. The fourth-order valence-electron chi connectivity index (χ4n) is 2.85. The molecule has 1 aliphatic carbocycles. The molecule has 0 spiro atoms. The zero-order chi connectivity index (χ0) is 17.4. The molecule has 7 heteroatoms. The number of rotatable bonds is 7. The van der Waals surface area contributed by atoms with E-state index in [1.54, 1.807) is 0 Å². The van der Waals surface area contributed by atoms with Crippen LogP contribution in [0.25, 0.3) is 0 Å². The van der Waals surface area contributed by atoms with Gasteiger partial charge in [0.2, 0.25) is 11.8 Å². The standard InChI is InChI=1S/C18H27N3O3.ClH/c1-13-7-8-15(21-18(23)11-20-17(22)10-19)9-16(13)24-12-14-5-3-2-4-6-14;/h7-9,14H,2-6,10-12,19H2,1H3,(H,20,22)(H,21,23);1H. The number of nitrogens with one attached hydrogen (secondary N) is 2. The van der Waals surface area contributed by atoms with Crippen molar-refractivity contribution < 1.29 is 14.3 Å². The summed E-state index contributed by atoms with van der Waals surface area (Å²) in [6.45, 7) is 2.49. The summed E-state index contributed by atoms with van der Waals surface area (Å²) in [5, 5.41) is 5.19. The Bertz CT molecular complexity index is 575. The molecule has 0 radical (unpaired) electrons. The van der Waals surface area contributed by atoms with Gasteiger partial charge in [-0.1, -0.05) is 25.3 Å². The van der Waals surface area contributed by atoms with Crippen LogP contribution in [0.4, 0.5) is 5.69 Å². The number of nitrogens with two attached hydrogens (primary N) is 1. The van der Waals surface area contributed by atoms with Crippen LogP contribution in [0, 0.1) is 12.8 Å². The summed E-state index contributed by atoms with van der Waals surface area (Å²) in [4.78, 5) is 22.9. The number of hydrogen-bond acceptors (Lipinski definition) is 4. The van der Waals surface area contributed by atoms with Crippen molar-refractivity contribution in [1.29, 1.82) is 0 Å². The van der Waals surface area contributed by atoms with E-state index < -0.39 is 0 Å². The maximum atomic E-state index is 11.8. The van der Waals surface area contributed by atoms with E-state index in [-0.39, 0.29) is 37.3 Å². The normalized spacial score (nSPS) is 14.3. The molecule has 2 rings (SSSR count). The SMILES string of the molecule is Cc1ccc(NC(=O)CNC(=O)CN)cc1OCC1CCCCC1.Cl. The molecule has 1 aromatic rings. The van der Waals surface area contributed by atoms with Gasteiger partial charge in [-0.3, -0.25) is 9.59 Å². The second-order valence-electron chi connectivity index (χ2n) is 6.32. The van der Waals surface area contributed by atoms with E-state index >= 15 is 0 Å². The van der Waals surface area contributed by atoms with E-state index in [0.717, 1.165) is 17.9 Å². The molecule has 4 N–H and O–H groups in total. The molecule has 1 saturated carbocycles. The summed E-state index contributed by atoms with van der Waals surface area (Å²) in [5.41, 5.74) is 6.88. The van der Waals surface area contributed by atoms with Crippen LogP contribution in [0.3, 0.4) is 0 Å². The van der Waals surface area contributed by atoms with Gasteiger partial charge in [-0.2, -0.15) is 0 Å². The minimum atomic E-state index is -0.356. The second kappa shape index (κ2) is 10.9. The fourth-order valence-corrected chi connectivity index (χ4v) is 2.85. The van der Waals surface area contributed by atoms with Crippen LogP contribution in [-0.2, 0) is 9.59 Å². The lowest BCUT2D eigenvalue weighted by atomic mass is 9.90. The Labute approximate surface area is 155 Å². The number of anilines is 1. The van der Waals surface area contributed by atoms with Gasteiger partial charge in [0.25, 0.3) is 0 Å². The third-order valence-electron chi connectivity index (χ3n) is 4.30. The lowest BCUT2D eigenvalue weighted by Gasteiger charge is -2.22. The van der Waals surface area contributed by atoms with Crippen molar-refractivity contribution >= 4 is 29.9 Å². The molecule has 1 aromatic carbocycles. The van der Waals surface area contributed by atoms with E-state index in [1.165, 1.54) is 32.1 Å². The van der Waals surface area contributed by atoms with Crippen LogP contribution >= 0.6 is 12.4 Å². The number of aryl methyl sites for hydroxylation is 1. The van der Waals surface area contributed by atoms with Gasteiger partial charge in [-0.25, -0.2) is 0 Å². The van der Waals surface area contributed by atoms with Crippen molar-refractivity contribution in [2.75, 3.05) is 25.0 Å². The molecule has 2 amide bonds. The highest BCUT2D eigenvalue weighted by molar-refractivity contribution is 5.94. The Morgan fingerprint density at radius 1 is 1.20 bits per heavy atom. The quantitative estimate of drug-likeness (QED) is 0.687. The monoisotopic (exact) mass is 369 g/mol. The van der Waals surface area contributed by atoms with Crippen molar-refractivity contribution in [2.24, 2.45) is 11.7 Å². The molecule has 0 aliphatic heterocycles. The van der Waals surface area contributed by atoms with Gasteiger partial charge >= 0.3 is 0 Å². The van der Waals surface area contributed by atoms with Gasteiger partial charge in [0, 0.05) is 11.8 Å². The molecule has 0 heterocycles. The molecule has 1 fully saturated rings. The van der Waals surface area contributed by atoms with Gasteiger partial charge in [0.1, 0.15) is 5.75 Å². The minimum Gasteiger partial charge on any atom is -0.493 e. The van der Waals surface area contributed by atoms with Crippen molar-refractivity contribution in [1.82, 2.24) is 5.32 Å². The first kappa shape index (κ1) is 21.3. The summed E-state index contributed by atoms with van der Waals surface area (Å²) in [5.74, 6) is 0.775. The zero-order valence-corrected chi connectivity index (χ0v) is 15.5. The molecule has 0 saturated heterocycles. The Balaban J connectivity index is 0.00000312. The average molecular weight is 370 g/mol. The molecule has 0 atom stereocenters. The third-order valence-corrected chi connectivity index (χ3v) is 4.30. The summed E-state index contributed by atoms with van der Waals surface area (Å²) in [6.07, 6.45) is 6.37. The molecule has 0 bridgehead atoms. The lowest BCUT2D eigenvalue weighted by Crippen LogP contribution is -2.36. The number of hydrogen-bond donors (Lipinski definition) is 3. The van der Waals surface area contributed by atoms with Gasteiger partial charge in [-0.05, 0) is 37.3 Å². The van der Waals surface area contributed by atoms with Crippen LogP contribution < -0.4 is 21.1 Å². The largest absolute Gasteiger partial charge is 0.493 e. The molecule has 0 unspecified atom stereocenters.